The molecule has 33 heavy (non-hydrogen) atoms. The van der Waals surface area contributed by atoms with Crippen LogP contribution in [-0.4, -0.2) is 32.3 Å². The van der Waals surface area contributed by atoms with Gasteiger partial charge in [0.25, 0.3) is 5.56 Å². The van der Waals surface area contributed by atoms with Crippen LogP contribution < -0.4 is 10.5 Å². The molecule has 0 aliphatic carbocycles. The van der Waals surface area contributed by atoms with Crippen LogP contribution in [0.2, 0.25) is 5.02 Å². The maximum atomic E-state index is 12.9. The first kappa shape index (κ1) is 21.8. The fourth-order valence-corrected chi connectivity index (χ4v) is 4.48. The number of alkyl halides is 3. The van der Waals surface area contributed by atoms with E-state index in [9.17, 15) is 18.0 Å². The highest BCUT2D eigenvalue weighted by molar-refractivity contribution is 6.31. The molecule has 1 aliphatic rings. The van der Waals surface area contributed by atoms with Gasteiger partial charge in [0.05, 0.1) is 23.0 Å². The fraction of sp³-hybridized carbons (Fsp3) is 0.348. The van der Waals surface area contributed by atoms with Crippen LogP contribution in [0.1, 0.15) is 36.8 Å². The van der Waals surface area contributed by atoms with E-state index in [4.69, 9.17) is 16.7 Å². The predicted octanol–water partition coefficient (Wildman–Crippen LogP) is 5.15. The van der Waals surface area contributed by atoms with Crippen LogP contribution in [0.25, 0.3) is 16.7 Å². The molecule has 0 bridgehead atoms. The molecular weight excluding hydrogens is 455 g/mol. The number of anilines is 1. The normalized spacial score (nSPS) is 15.3. The van der Waals surface area contributed by atoms with E-state index in [1.807, 2.05) is 4.40 Å². The summed E-state index contributed by atoms with van der Waals surface area (Å²) >= 11 is 6.12. The van der Waals surface area contributed by atoms with Crippen molar-refractivity contribution in [2.24, 2.45) is 0 Å². The maximum absolute atomic E-state index is 12.9. The molecule has 0 atom stereocenters. The number of nitrogens with zero attached hydrogens (tertiary/aromatic N) is 5. The van der Waals surface area contributed by atoms with Gasteiger partial charge in [-0.15, -0.1) is 5.10 Å². The maximum Gasteiger partial charge on any atom is 0.416 e. The number of aromatic nitrogens is 4. The average Bonchev–Trinajstić information content (AvgIpc) is 2.95. The predicted molar refractivity (Wildman–Crippen MR) is 121 cm³/mol. The van der Waals surface area contributed by atoms with Crippen LogP contribution in [0.3, 0.4) is 0 Å². The first-order valence-electron chi connectivity index (χ1n) is 10.8. The zero-order valence-electron chi connectivity index (χ0n) is 17.6. The van der Waals surface area contributed by atoms with E-state index in [1.54, 1.807) is 22.9 Å². The lowest BCUT2D eigenvalue weighted by Crippen LogP contribution is -2.26. The molecular formula is C23H21ClF3N5O. The molecule has 1 saturated heterocycles. The van der Waals surface area contributed by atoms with Crippen molar-refractivity contribution in [3.8, 4) is 0 Å². The molecule has 0 saturated carbocycles. The highest BCUT2D eigenvalue weighted by atomic mass is 35.5. The topological polar surface area (TPSA) is 55.4 Å². The van der Waals surface area contributed by atoms with E-state index in [1.165, 1.54) is 12.1 Å². The zero-order chi connectivity index (χ0) is 23.2. The van der Waals surface area contributed by atoms with Gasteiger partial charge in [0.15, 0.2) is 0 Å². The highest BCUT2D eigenvalue weighted by Gasteiger charge is 2.30. The largest absolute Gasteiger partial charge is 0.416 e. The van der Waals surface area contributed by atoms with Crippen molar-refractivity contribution in [1.82, 2.24) is 19.2 Å². The van der Waals surface area contributed by atoms with Crippen LogP contribution in [0.15, 0.2) is 47.3 Å². The minimum absolute atomic E-state index is 0.182. The van der Waals surface area contributed by atoms with Crippen molar-refractivity contribution < 1.29 is 13.2 Å². The van der Waals surface area contributed by atoms with Crippen LogP contribution in [0.4, 0.5) is 19.1 Å². The molecule has 4 aromatic rings. The number of rotatable bonds is 3. The molecule has 1 aliphatic heterocycles. The summed E-state index contributed by atoms with van der Waals surface area (Å²) in [5.41, 5.74) is 0.135. The molecule has 2 aromatic carbocycles. The number of hydrogen-bond donors (Lipinski definition) is 0. The Morgan fingerprint density at radius 3 is 2.33 bits per heavy atom. The van der Waals surface area contributed by atoms with Gasteiger partial charge in [-0.1, -0.05) is 36.6 Å². The van der Waals surface area contributed by atoms with Crippen molar-refractivity contribution in [3.05, 3.63) is 69.0 Å². The van der Waals surface area contributed by atoms with Gasteiger partial charge in [0, 0.05) is 18.1 Å². The van der Waals surface area contributed by atoms with E-state index >= 15 is 0 Å². The zero-order valence-corrected chi connectivity index (χ0v) is 18.4. The molecule has 5 rings (SSSR count). The molecule has 0 N–H and O–H groups in total. The molecule has 2 aromatic heterocycles. The van der Waals surface area contributed by atoms with Crippen LogP contribution >= 0.6 is 11.6 Å². The minimum Gasteiger partial charge on any atom is -0.341 e. The van der Waals surface area contributed by atoms with Gasteiger partial charge < -0.3 is 4.90 Å². The van der Waals surface area contributed by atoms with Gasteiger partial charge in [-0.3, -0.25) is 4.79 Å². The van der Waals surface area contributed by atoms with Gasteiger partial charge in [-0.2, -0.15) is 18.2 Å². The van der Waals surface area contributed by atoms with E-state index < -0.39 is 17.3 Å². The summed E-state index contributed by atoms with van der Waals surface area (Å²) in [5, 5.41) is 5.62. The van der Waals surface area contributed by atoms with E-state index in [2.05, 4.69) is 9.88 Å². The van der Waals surface area contributed by atoms with Crippen LogP contribution in [-0.2, 0) is 12.7 Å². The molecule has 10 heteroatoms. The second-order valence-electron chi connectivity index (χ2n) is 8.27. The number of halogens is 4. The molecule has 0 amide bonds. The Bertz CT molecular complexity index is 1370. The Morgan fingerprint density at radius 1 is 0.970 bits per heavy atom. The van der Waals surface area contributed by atoms with Gasteiger partial charge in [0.2, 0.25) is 11.7 Å². The third-order valence-corrected chi connectivity index (χ3v) is 6.21. The van der Waals surface area contributed by atoms with E-state index in [0.29, 0.717) is 33.2 Å². The second-order valence-corrected chi connectivity index (χ2v) is 8.70. The monoisotopic (exact) mass is 475 g/mol. The van der Waals surface area contributed by atoms with Crippen LogP contribution in [0.5, 0.6) is 0 Å². The molecule has 6 nitrogen and oxygen atoms in total. The quantitative estimate of drug-likeness (QED) is 0.411. The molecule has 0 unspecified atom stereocenters. The summed E-state index contributed by atoms with van der Waals surface area (Å²) in [6, 6.07) is 10.0. The van der Waals surface area contributed by atoms with Crippen molar-refractivity contribution in [1.29, 1.82) is 0 Å². The van der Waals surface area contributed by atoms with Crippen molar-refractivity contribution in [2.45, 2.75) is 38.4 Å². The second kappa shape index (κ2) is 8.37. The van der Waals surface area contributed by atoms with Crippen molar-refractivity contribution in [2.75, 3.05) is 18.0 Å². The van der Waals surface area contributed by atoms with Gasteiger partial charge in [-0.05, 0) is 48.7 Å². The Labute approximate surface area is 192 Å². The summed E-state index contributed by atoms with van der Waals surface area (Å²) in [7, 11) is 0. The van der Waals surface area contributed by atoms with Crippen molar-refractivity contribution in [3.63, 3.8) is 0 Å². The van der Waals surface area contributed by atoms with Gasteiger partial charge in [0.1, 0.15) is 0 Å². The van der Waals surface area contributed by atoms with Crippen LogP contribution in [0, 0.1) is 0 Å². The third-order valence-electron chi connectivity index (χ3n) is 5.97. The molecule has 172 valence electrons. The summed E-state index contributed by atoms with van der Waals surface area (Å²) in [6.45, 7) is 1.84. The lowest BCUT2D eigenvalue weighted by molar-refractivity contribution is -0.137. The minimum atomic E-state index is -4.40. The van der Waals surface area contributed by atoms with Gasteiger partial charge in [-0.25, -0.2) is 9.08 Å². The summed E-state index contributed by atoms with van der Waals surface area (Å²) in [4.78, 5) is 19.2. The molecule has 3 heterocycles. The Balaban J connectivity index is 1.66. The summed E-state index contributed by atoms with van der Waals surface area (Å²) in [6.07, 6.45) is -0.0451. The molecule has 0 spiro atoms. The lowest BCUT2D eigenvalue weighted by Gasteiger charge is -2.20. The van der Waals surface area contributed by atoms with E-state index in [-0.39, 0.29) is 6.54 Å². The van der Waals surface area contributed by atoms with E-state index in [0.717, 1.165) is 50.9 Å². The average molecular weight is 476 g/mol. The van der Waals surface area contributed by atoms with Gasteiger partial charge >= 0.3 is 6.18 Å². The first-order valence-corrected chi connectivity index (χ1v) is 11.2. The fourth-order valence-electron chi connectivity index (χ4n) is 4.30. The SMILES string of the molecule is O=c1nc2n(Cc3ccc(C(F)(F)F)cc3)nc(N3CCCCCC3)n2c2ccc(Cl)cc12. The highest BCUT2D eigenvalue weighted by Crippen LogP contribution is 2.30. The Kier molecular flexibility index (Phi) is 5.52. The first-order chi connectivity index (χ1) is 15.8. The summed E-state index contributed by atoms with van der Waals surface area (Å²) in [5.74, 6) is 1.01. The number of hydrogen-bond acceptors (Lipinski definition) is 4. The number of fused-ring (bicyclic) bond motifs is 3. The third kappa shape index (κ3) is 4.17. The Hall–Kier alpha value is -3.07. The standard InChI is InChI=1S/C23H21ClF3N5O/c24-17-9-10-19-18(13-17)20(33)28-21-31(14-15-5-7-16(8-6-15)23(25,26)27)29-22(32(19)21)30-11-3-1-2-4-12-30/h5-10,13H,1-4,11-12,14H2. The molecule has 1 fully saturated rings. The Morgan fingerprint density at radius 2 is 1.67 bits per heavy atom. The molecule has 0 radical (unpaired) electrons. The smallest absolute Gasteiger partial charge is 0.341 e. The van der Waals surface area contributed by atoms with Crippen molar-refractivity contribution >= 4 is 34.2 Å². The lowest BCUT2D eigenvalue weighted by atomic mass is 10.1. The summed E-state index contributed by atoms with van der Waals surface area (Å²) < 4.78 is 42.2. The number of benzene rings is 2.